The summed E-state index contributed by atoms with van der Waals surface area (Å²) in [6.45, 7) is 10.2. The molecule has 0 heterocycles. The van der Waals surface area contributed by atoms with E-state index in [9.17, 15) is 0 Å². The molecule has 0 unspecified atom stereocenters. The van der Waals surface area contributed by atoms with Crippen LogP contribution in [0.15, 0.2) is 66.7 Å². The molecule has 0 fully saturated rings. The maximum absolute atomic E-state index is 5.86. The van der Waals surface area contributed by atoms with Crippen molar-refractivity contribution in [2.75, 3.05) is 6.61 Å². The fraction of sp³-hybridized carbons (Fsp3) is 0.308. The second-order valence-corrected chi connectivity index (χ2v) is 15.6. The summed E-state index contributed by atoms with van der Waals surface area (Å²) >= 11 is -2.41. The van der Waals surface area contributed by atoms with Crippen molar-refractivity contribution in [3.05, 3.63) is 89.0 Å². The fourth-order valence-electron chi connectivity index (χ4n) is 3.52. The van der Waals surface area contributed by atoms with Gasteiger partial charge in [-0.25, -0.2) is 0 Å². The SMILES string of the molecule is CCOCc1cc(C)cc[c]1[Bi]([c]1cccc(CC)c1)[c]1cccc(CC)c1. The summed E-state index contributed by atoms with van der Waals surface area (Å²) in [5.74, 6) is 0. The van der Waals surface area contributed by atoms with Gasteiger partial charge in [0.05, 0.1) is 0 Å². The van der Waals surface area contributed by atoms with Gasteiger partial charge in [-0.05, 0) is 0 Å². The van der Waals surface area contributed by atoms with E-state index in [-0.39, 0.29) is 0 Å². The van der Waals surface area contributed by atoms with E-state index < -0.39 is 21.8 Å². The Kier molecular flexibility index (Phi) is 7.83. The summed E-state index contributed by atoms with van der Waals surface area (Å²) in [5, 5.41) is 0. The average molecular weight is 569 g/mol. The Bertz CT molecular complexity index is 868. The zero-order chi connectivity index (χ0) is 19.9. The van der Waals surface area contributed by atoms with Crippen LogP contribution in [0.25, 0.3) is 0 Å². The van der Waals surface area contributed by atoms with E-state index in [1.54, 1.807) is 9.81 Å². The van der Waals surface area contributed by atoms with E-state index in [2.05, 4.69) is 94.4 Å². The van der Waals surface area contributed by atoms with Crippen molar-refractivity contribution in [1.82, 2.24) is 0 Å². The predicted octanol–water partition coefficient (Wildman–Crippen LogP) is 4.17. The van der Waals surface area contributed by atoms with Crippen LogP contribution >= 0.6 is 0 Å². The third-order valence-electron chi connectivity index (χ3n) is 5.09. The second-order valence-electron chi connectivity index (χ2n) is 7.15. The fourth-order valence-corrected chi connectivity index (χ4v) is 13.4. The topological polar surface area (TPSA) is 9.23 Å². The Morgan fingerprint density at radius 3 is 1.89 bits per heavy atom. The van der Waals surface area contributed by atoms with Crippen molar-refractivity contribution in [1.29, 1.82) is 0 Å². The van der Waals surface area contributed by atoms with Gasteiger partial charge >= 0.3 is 179 Å². The number of benzene rings is 3. The quantitative estimate of drug-likeness (QED) is 0.371. The first-order valence-electron chi connectivity index (χ1n) is 10.3. The number of hydrogen-bond acceptors (Lipinski definition) is 1. The summed E-state index contributed by atoms with van der Waals surface area (Å²) in [6.07, 6.45) is 2.17. The van der Waals surface area contributed by atoms with Gasteiger partial charge < -0.3 is 0 Å². The van der Waals surface area contributed by atoms with E-state index >= 15 is 0 Å². The van der Waals surface area contributed by atoms with Crippen molar-refractivity contribution in [3.8, 4) is 0 Å². The van der Waals surface area contributed by atoms with E-state index in [4.69, 9.17) is 4.74 Å². The van der Waals surface area contributed by atoms with Gasteiger partial charge in [-0.2, -0.15) is 0 Å². The Hall–Kier alpha value is -1.50. The minimum absolute atomic E-state index is 0.709. The molecule has 0 aliphatic carbocycles. The van der Waals surface area contributed by atoms with Crippen LogP contribution in [-0.4, -0.2) is 28.4 Å². The normalized spacial score (nSPS) is 11.2. The molecule has 3 aromatic rings. The summed E-state index contributed by atoms with van der Waals surface area (Å²) in [6, 6.07) is 25.6. The standard InChI is InChI=1S/C10H13O.2C8H9.Bi/c1-3-11-8-10-6-4-5-9(2)7-10;2*1-2-8-6-4-3-5-7-8;/h4-5,7H,3,8H2,1-2H3;2*3-4,6-7H,2H2,1H3;. The molecule has 0 N–H and O–H groups in total. The number of aryl methyl sites for hydroxylation is 3. The maximum atomic E-state index is 5.86. The molecule has 0 saturated carbocycles. The molecule has 0 spiro atoms. The van der Waals surface area contributed by atoms with Crippen LogP contribution in [0.1, 0.15) is 43.0 Å². The minimum atomic E-state index is -2.41. The third kappa shape index (κ3) is 5.10. The molecule has 1 nitrogen and oxygen atoms in total. The molecule has 3 aromatic carbocycles. The van der Waals surface area contributed by atoms with Gasteiger partial charge in [0.1, 0.15) is 0 Å². The van der Waals surface area contributed by atoms with Crippen molar-refractivity contribution in [3.63, 3.8) is 0 Å². The Balaban J connectivity index is 2.18. The van der Waals surface area contributed by atoms with Gasteiger partial charge in [0.15, 0.2) is 0 Å². The molecule has 0 bridgehead atoms. The second kappa shape index (κ2) is 10.3. The Morgan fingerprint density at radius 2 is 1.36 bits per heavy atom. The summed E-state index contributed by atoms with van der Waals surface area (Å²) in [5.41, 5.74) is 5.56. The number of hydrogen-bond donors (Lipinski definition) is 0. The van der Waals surface area contributed by atoms with Crippen LogP contribution in [0.2, 0.25) is 0 Å². The zero-order valence-electron chi connectivity index (χ0n) is 17.5. The van der Waals surface area contributed by atoms with Gasteiger partial charge in [-0.1, -0.05) is 0 Å². The van der Waals surface area contributed by atoms with Crippen molar-refractivity contribution in [2.24, 2.45) is 0 Å². The van der Waals surface area contributed by atoms with Gasteiger partial charge in [-0.3, -0.25) is 0 Å². The average Bonchev–Trinajstić information content (AvgIpc) is 2.74. The molecule has 0 atom stereocenters. The molecule has 0 aliphatic rings. The predicted molar refractivity (Wildman–Crippen MR) is 123 cm³/mol. The van der Waals surface area contributed by atoms with Crippen LogP contribution in [0, 0.1) is 6.92 Å². The molecular formula is C26H31BiO. The molecule has 0 amide bonds. The summed E-state index contributed by atoms with van der Waals surface area (Å²) in [4.78, 5) is 0. The molecule has 28 heavy (non-hydrogen) atoms. The van der Waals surface area contributed by atoms with E-state index in [0.717, 1.165) is 19.4 Å². The number of rotatable bonds is 8. The van der Waals surface area contributed by atoms with Crippen LogP contribution < -0.4 is 9.81 Å². The first-order chi connectivity index (χ1) is 13.7. The number of ether oxygens (including phenoxy) is 1. The van der Waals surface area contributed by atoms with Crippen molar-refractivity contribution >= 4 is 31.6 Å². The van der Waals surface area contributed by atoms with Crippen molar-refractivity contribution in [2.45, 2.75) is 47.1 Å². The van der Waals surface area contributed by atoms with Gasteiger partial charge in [-0.15, -0.1) is 0 Å². The van der Waals surface area contributed by atoms with Gasteiger partial charge in [0.25, 0.3) is 0 Å². The monoisotopic (exact) mass is 568 g/mol. The molecular weight excluding hydrogens is 537 g/mol. The van der Waals surface area contributed by atoms with Crippen LogP contribution in [0.4, 0.5) is 0 Å². The Labute approximate surface area is 178 Å². The molecule has 2 heteroatoms. The van der Waals surface area contributed by atoms with Gasteiger partial charge in [0, 0.05) is 0 Å². The Morgan fingerprint density at radius 1 is 0.750 bits per heavy atom. The summed E-state index contributed by atoms with van der Waals surface area (Å²) < 4.78 is 10.5. The van der Waals surface area contributed by atoms with Crippen LogP contribution in [0.5, 0.6) is 0 Å². The molecule has 0 saturated heterocycles. The van der Waals surface area contributed by atoms with Crippen LogP contribution in [-0.2, 0) is 24.2 Å². The molecule has 146 valence electrons. The molecule has 0 radical (unpaired) electrons. The molecule has 0 aliphatic heterocycles. The van der Waals surface area contributed by atoms with E-state index in [1.165, 1.54) is 22.3 Å². The molecule has 3 rings (SSSR count). The zero-order valence-corrected chi connectivity index (χ0v) is 21.0. The van der Waals surface area contributed by atoms with Crippen LogP contribution in [0.3, 0.4) is 0 Å². The van der Waals surface area contributed by atoms with E-state index in [0.29, 0.717) is 6.61 Å². The molecule has 0 aromatic heterocycles. The first-order valence-corrected chi connectivity index (χ1v) is 15.5. The van der Waals surface area contributed by atoms with Crippen molar-refractivity contribution < 1.29 is 4.74 Å². The van der Waals surface area contributed by atoms with E-state index in [1.807, 2.05) is 0 Å². The third-order valence-corrected chi connectivity index (χ3v) is 14.8. The summed E-state index contributed by atoms with van der Waals surface area (Å²) in [7, 11) is 0. The van der Waals surface area contributed by atoms with Gasteiger partial charge in [0.2, 0.25) is 0 Å². The first kappa shape index (κ1) is 21.2.